The molecule has 6 heteroatoms. The Bertz CT molecular complexity index is 845. The van der Waals surface area contributed by atoms with Gasteiger partial charge >= 0.3 is 11.9 Å². The van der Waals surface area contributed by atoms with Gasteiger partial charge < -0.3 is 19.7 Å². The van der Waals surface area contributed by atoms with E-state index in [2.05, 4.69) is 13.8 Å². The second kappa shape index (κ2) is 11.9. The van der Waals surface area contributed by atoms with Crippen LogP contribution in [0.1, 0.15) is 79.5 Å². The Kier molecular flexibility index (Phi) is 9.19. The maximum absolute atomic E-state index is 12.7. The predicted octanol–water partition coefficient (Wildman–Crippen LogP) is 5.83. The normalized spacial score (nSPS) is 11.7. The SMILES string of the molecule is CCCCCCC(CCC)Oc1ccccc1C(=O)Oc1ccc(C(=O)O)c(O)c1. The van der Waals surface area contributed by atoms with Gasteiger partial charge in [0.05, 0.1) is 6.10 Å². The molecule has 0 amide bonds. The quantitative estimate of drug-likeness (QED) is 0.258. The maximum atomic E-state index is 12.7. The Morgan fingerprint density at radius 2 is 1.70 bits per heavy atom. The van der Waals surface area contributed by atoms with E-state index < -0.39 is 17.7 Å². The molecular formula is C24H30O6. The van der Waals surface area contributed by atoms with Crippen molar-refractivity contribution in [2.24, 2.45) is 0 Å². The fourth-order valence-electron chi connectivity index (χ4n) is 3.22. The Labute approximate surface area is 177 Å². The number of unbranched alkanes of at least 4 members (excludes halogenated alkanes) is 3. The van der Waals surface area contributed by atoms with Crippen LogP contribution in [0.25, 0.3) is 0 Å². The largest absolute Gasteiger partial charge is 0.507 e. The first-order valence-electron chi connectivity index (χ1n) is 10.5. The molecule has 1 atom stereocenters. The highest BCUT2D eigenvalue weighted by atomic mass is 16.5. The molecule has 0 heterocycles. The minimum absolute atomic E-state index is 0.0275. The number of carboxylic acid groups (broad SMARTS) is 1. The van der Waals surface area contributed by atoms with Gasteiger partial charge in [0, 0.05) is 6.07 Å². The molecule has 0 aliphatic rings. The molecule has 0 aliphatic heterocycles. The molecule has 0 fully saturated rings. The molecule has 0 radical (unpaired) electrons. The lowest BCUT2D eigenvalue weighted by Crippen LogP contribution is -2.19. The fraction of sp³-hybridized carbons (Fsp3) is 0.417. The van der Waals surface area contributed by atoms with E-state index in [1.165, 1.54) is 31.4 Å². The Balaban J connectivity index is 2.11. The summed E-state index contributed by atoms with van der Waals surface area (Å²) in [7, 11) is 0. The molecule has 6 nitrogen and oxygen atoms in total. The van der Waals surface area contributed by atoms with Crippen LogP contribution in [-0.4, -0.2) is 28.3 Å². The number of hydrogen-bond donors (Lipinski definition) is 2. The Hall–Kier alpha value is -3.02. The van der Waals surface area contributed by atoms with Crippen LogP contribution >= 0.6 is 0 Å². The molecule has 2 aromatic rings. The van der Waals surface area contributed by atoms with Crippen molar-refractivity contribution < 1.29 is 29.3 Å². The van der Waals surface area contributed by atoms with Crippen molar-refractivity contribution in [2.45, 2.75) is 64.9 Å². The number of rotatable bonds is 12. The lowest BCUT2D eigenvalue weighted by atomic mass is 10.1. The van der Waals surface area contributed by atoms with E-state index in [1.54, 1.807) is 24.3 Å². The van der Waals surface area contributed by atoms with Crippen LogP contribution in [-0.2, 0) is 0 Å². The Morgan fingerprint density at radius 1 is 0.933 bits per heavy atom. The minimum Gasteiger partial charge on any atom is -0.507 e. The van der Waals surface area contributed by atoms with Gasteiger partial charge in [-0.2, -0.15) is 0 Å². The molecule has 0 bridgehead atoms. The average Bonchev–Trinajstić information content (AvgIpc) is 2.71. The first kappa shape index (κ1) is 23.3. The van der Waals surface area contributed by atoms with E-state index in [4.69, 9.17) is 14.6 Å². The molecule has 0 saturated carbocycles. The third kappa shape index (κ3) is 6.79. The summed E-state index contributed by atoms with van der Waals surface area (Å²) in [5.41, 5.74) is 0.0259. The summed E-state index contributed by atoms with van der Waals surface area (Å²) in [5, 5.41) is 18.8. The van der Waals surface area contributed by atoms with Crippen molar-refractivity contribution in [3.63, 3.8) is 0 Å². The summed E-state index contributed by atoms with van der Waals surface area (Å²) in [6, 6.07) is 10.5. The number of phenols is 1. The molecule has 2 aromatic carbocycles. The predicted molar refractivity (Wildman–Crippen MR) is 115 cm³/mol. The fourth-order valence-corrected chi connectivity index (χ4v) is 3.22. The second-order valence-corrected chi connectivity index (χ2v) is 7.25. The number of benzene rings is 2. The lowest BCUT2D eigenvalue weighted by Gasteiger charge is -2.20. The lowest BCUT2D eigenvalue weighted by molar-refractivity contribution is 0.0693. The van der Waals surface area contributed by atoms with E-state index in [1.807, 2.05) is 0 Å². The molecule has 1 unspecified atom stereocenters. The molecule has 0 aromatic heterocycles. The van der Waals surface area contributed by atoms with Crippen molar-refractivity contribution in [2.75, 3.05) is 0 Å². The van der Waals surface area contributed by atoms with Gasteiger partial charge in [0.1, 0.15) is 28.4 Å². The zero-order chi connectivity index (χ0) is 21.9. The third-order valence-electron chi connectivity index (χ3n) is 4.80. The van der Waals surface area contributed by atoms with Gasteiger partial charge in [0.15, 0.2) is 0 Å². The van der Waals surface area contributed by atoms with Crippen molar-refractivity contribution in [1.29, 1.82) is 0 Å². The first-order chi connectivity index (χ1) is 14.5. The highest BCUT2D eigenvalue weighted by molar-refractivity contribution is 5.94. The number of aromatic hydroxyl groups is 1. The van der Waals surface area contributed by atoms with Crippen LogP contribution in [0.4, 0.5) is 0 Å². The molecule has 0 saturated heterocycles. The van der Waals surface area contributed by atoms with Gasteiger partial charge in [-0.3, -0.25) is 0 Å². The van der Waals surface area contributed by atoms with Crippen LogP contribution in [0.15, 0.2) is 42.5 Å². The van der Waals surface area contributed by atoms with Gasteiger partial charge in [0.25, 0.3) is 0 Å². The zero-order valence-electron chi connectivity index (χ0n) is 17.6. The summed E-state index contributed by atoms with van der Waals surface area (Å²) in [6.45, 7) is 4.28. The smallest absolute Gasteiger partial charge is 0.347 e. The van der Waals surface area contributed by atoms with Crippen LogP contribution in [0.5, 0.6) is 17.2 Å². The van der Waals surface area contributed by atoms with Gasteiger partial charge in [0.2, 0.25) is 0 Å². The van der Waals surface area contributed by atoms with E-state index in [-0.39, 0.29) is 23.0 Å². The molecule has 2 N–H and O–H groups in total. The highest BCUT2D eigenvalue weighted by Crippen LogP contribution is 2.27. The Morgan fingerprint density at radius 3 is 2.37 bits per heavy atom. The van der Waals surface area contributed by atoms with Crippen LogP contribution in [0.3, 0.4) is 0 Å². The number of carbonyl (C=O) groups is 2. The van der Waals surface area contributed by atoms with Gasteiger partial charge in [-0.1, -0.05) is 51.7 Å². The van der Waals surface area contributed by atoms with Gasteiger partial charge in [-0.25, -0.2) is 9.59 Å². The van der Waals surface area contributed by atoms with Crippen LogP contribution in [0, 0.1) is 0 Å². The van der Waals surface area contributed by atoms with E-state index in [9.17, 15) is 14.7 Å². The standard InChI is InChI=1S/C24H30O6/c1-3-5-6-7-11-17(10-4-2)29-22-13-9-8-12-20(22)24(28)30-18-14-15-19(23(26)27)21(25)16-18/h8-9,12-17,25H,3-7,10-11H2,1-2H3,(H,26,27). The molecule has 162 valence electrons. The number of ether oxygens (including phenoxy) is 2. The first-order valence-corrected chi connectivity index (χ1v) is 10.5. The van der Waals surface area contributed by atoms with Gasteiger partial charge in [-0.15, -0.1) is 0 Å². The topological polar surface area (TPSA) is 93.1 Å². The van der Waals surface area contributed by atoms with Gasteiger partial charge in [-0.05, 0) is 43.5 Å². The van der Waals surface area contributed by atoms with Crippen molar-refractivity contribution in [3.8, 4) is 17.2 Å². The monoisotopic (exact) mass is 414 g/mol. The summed E-state index contributed by atoms with van der Waals surface area (Å²) in [5.74, 6) is -1.84. The molecule has 30 heavy (non-hydrogen) atoms. The number of para-hydroxylation sites is 1. The average molecular weight is 414 g/mol. The van der Waals surface area contributed by atoms with Crippen molar-refractivity contribution in [3.05, 3.63) is 53.6 Å². The number of esters is 1. The number of carbonyl (C=O) groups excluding carboxylic acids is 1. The van der Waals surface area contributed by atoms with Crippen LogP contribution in [0.2, 0.25) is 0 Å². The minimum atomic E-state index is -1.26. The third-order valence-corrected chi connectivity index (χ3v) is 4.80. The molecule has 2 rings (SSSR count). The summed E-state index contributed by atoms with van der Waals surface area (Å²) in [4.78, 5) is 23.7. The zero-order valence-corrected chi connectivity index (χ0v) is 17.6. The van der Waals surface area contributed by atoms with Crippen molar-refractivity contribution in [1.82, 2.24) is 0 Å². The second-order valence-electron chi connectivity index (χ2n) is 7.25. The molecule has 0 aliphatic carbocycles. The van der Waals surface area contributed by atoms with Crippen LogP contribution < -0.4 is 9.47 Å². The maximum Gasteiger partial charge on any atom is 0.347 e. The van der Waals surface area contributed by atoms with E-state index >= 15 is 0 Å². The summed E-state index contributed by atoms with van der Waals surface area (Å²) < 4.78 is 11.5. The molecular weight excluding hydrogens is 384 g/mol. The number of aromatic carboxylic acids is 1. The molecule has 0 spiro atoms. The van der Waals surface area contributed by atoms with E-state index in [0.29, 0.717) is 5.75 Å². The number of hydrogen-bond acceptors (Lipinski definition) is 5. The summed E-state index contributed by atoms with van der Waals surface area (Å²) >= 11 is 0. The number of carboxylic acids is 1. The summed E-state index contributed by atoms with van der Waals surface area (Å²) in [6.07, 6.45) is 7.48. The van der Waals surface area contributed by atoms with E-state index in [0.717, 1.165) is 31.7 Å². The highest BCUT2D eigenvalue weighted by Gasteiger charge is 2.19. The van der Waals surface area contributed by atoms with Crippen molar-refractivity contribution >= 4 is 11.9 Å².